The van der Waals surface area contributed by atoms with Gasteiger partial charge in [0, 0.05) is 5.02 Å². The average molecular weight is 385 g/mol. The maximum atomic E-state index is 12.9. The lowest BCUT2D eigenvalue weighted by Crippen LogP contribution is -2.45. The van der Waals surface area contributed by atoms with E-state index in [9.17, 15) is 17.6 Å². The summed E-state index contributed by atoms with van der Waals surface area (Å²) in [6.45, 7) is 3.22. The second kappa shape index (κ2) is 7.95. The van der Waals surface area contributed by atoms with Crippen molar-refractivity contribution in [2.24, 2.45) is 0 Å². The lowest BCUT2D eigenvalue weighted by atomic mass is 10.1. The summed E-state index contributed by atoms with van der Waals surface area (Å²) in [6.07, 6.45) is 0. The van der Waals surface area contributed by atoms with Crippen LogP contribution in [0.5, 0.6) is 0 Å². The lowest BCUT2D eigenvalue weighted by Gasteiger charge is -2.19. The smallest absolute Gasteiger partial charge is 0.241 e. The second-order valence-electron chi connectivity index (χ2n) is 5.58. The average Bonchev–Trinajstić information content (AvgIpc) is 2.55. The molecule has 0 bridgehead atoms. The van der Waals surface area contributed by atoms with Crippen molar-refractivity contribution in [3.8, 4) is 0 Å². The molecule has 0 aromatic heterocycles. The van der Waals surface area contributed by atoms with E-state index in [1.54, 1.807) is 31.2 Å². The maximum absolute atomic E-state index is 12.9. The summed E-state index contributed by atoms with van der Waals surface area (Å²) in [7, 11) is -3.92. The first-order chi connectivity index (χ1) is 11.7. The Labute approximate surface area is 151 Å². The zero-order valence-electron chi connectivity index (χ0n) is 13.7. The summed E-state index contributed by atoms with van der Waals surface area (Å²) in [5.74, 6) is -1.02. The van der Waals surface area contributed by atoms with Gasteiger partial charge in [0.1, 0.15) is 5.82 Å². The molecule has 2 rings (SSSR count). The second-order valence-corrected chi connectivity index (χ2v) is 7.73. The molecule has 0 saturated heterocycles. The van der Waals surface area contributed by atoms with Crippen molar-refractivity contribution in [1.29, 1.82) is 0 Å². The molecule has 0 aliphatic heterocycles. The van der Waals surface area contributed by atoms with Crippen LogP contribution < -0.4 is 10.0 Å². The van der Waals surface area contributed by atoms with Crippen molar-refractivity contribution in [1.82, 2.24) is 10.0 Å². The van der Waals surface area contributed by atoms with E-state index in [2.05, 4.69) is 10.0 Å². The Hall–Kier alpha value is -1.96. The van der Waals surface area contributed by atoms with Crippen LogP contribution in [0.25, 0.3) is 0 Å². The number of hydrogen-bond donors (Lipinski definition) is 2. The minimum absolute atomic E-state index is 0.112. The van der Waals surface area contributed by atoms with E-state index in [0.717, 1.165) is 29.8 Å². The molecule has 1 amide bonds. The highest BCUT2D eigenvalue weighted by Gasteiger charge is 2.23. The molecule has 0 heterocycles. The standard InChI is InChI=1S/C17H18ClFN2O3S/c1-11(13-3-5-14(18)6-4-13)20-17(22)12(2)21-25(23,24)16-9-7-15(19)8-10-16/h3-12,21H,1-2H3,(H,20,22)/t11-,12+/m0/s1. The van der Waals surface area contributed by atoms with E-state index in [0.29, 0.717) is 5.02 Å². The van der Waals surface area contributed by atoms with Crippen molar-refractivity contribution in [3.63, 3.8) is 0 Å². The third-order valence-corrected chi connectivity index (χ3v) is 5.39. The van der Waals surface area contributed by atoms with Crippen LogP contribution in [0.1, 0.15) is 25.5 Å². The quantitative estimate of drug-likeness (QED) is 0.803. The molecule has 5 nitrogen and oxygen atoms in total. The number of nitrogens with one attached hydrogen (secondary N) is 2. The van der Waals surface area contributed by atoms with Gasteiger partial charge in [0.05, 0.1) is 17.0 Å². The Kier molecular flexibility index (Phi) is 6.16. The molecule has 0 fully saturated rings. The van der Waals surface area contributed by atoms with Crippen LogP contribution >= 0.6 is 11.6 Å². The van der Waals surface area contributed by atoms with E-state index in [1.807, 2.05) is 0 Å². The fraction of sp³-hybridized carbons (Fsp3) is 0.235. The summed E-state index contributed by atoms with van der Waals surface area (Å²) < 4.78 is 39.6. The number of carbonyl (C=O) groups excluding carboxylic acids is 1. The summed E-state index contributed by atoms with van der Waals surface area (Å²) in [5, 5.41) is 3.32. The molecular weight excluding hydrogens is 367 g/mol. The van der Waals surface area contributed by atoms with Gasteiger partial charge < -0.3 is 5.32 Å². The maximum Gasteiger partial charge on any atom is 0.241 e. The number of rotatable bonds is 6. The lowest BCUT2D eigenvalue weighted by molar-refractivity contribution is -0.123. The number of amides is 1. The zero-order chi connectivity index (χ0) is 18.6. The predicted octanol–water partition coefficient (Wildman–Crippen LogP) is 3.02. The van der Waals surface area contributed by atoms with Crippen molar-refractivity contribution in [3.05, 3.63) is 64.9 Å². The Morgan fingerprint density at radius 1 is 1.04 bits per heavy atom. The minimum atomic E-state index is -3.92. The number of halogens is 2. The van der Waals surface area contributed by atoms with Crippen molar-refractivity contribution < 1.29 is 17.6 Å². The Morgan fingerprint density at radius 2 is 1.60 bits per heavy atom. The fourth-order valence-electron chi connectivity index (χ4n) is 2.14. The van der Waals surface area contributed by atoms with Crippen molar-refractivity contribution in [2.45, 2.75) is 30.8 Å². The van der Waals surface area contributed by atoms with Gasteiger partial charge in [0.15, 0.2) is 0 Å². The van der Waals surface area contributed by atoms with Gasteiger partial charge in [-0.1, -0.05) is 23.7 Å². The van der Waals surface area contributed by atoms with E-state index < -0.39 is 27.8 Å². The topological polar surface area (TPSA) is 75.3 Å². The molecule has 8 heteroatoms. The van der Waals surface area contributed by atoms with Gasteiger partial charge in [-0.2, -0.15) is 4.72 Å². The van der Waals surface area contributed by atoms with Crippen molar-refractivity contribution in [2.75, 3.05) is 0 Å². The number of hydrogen-bond acceptors (Lipinski definition) is 3. The van der Waals surface area contributed by atoms with Gasteiger partial charge in [0.2, 0.25) is 15.9 Å². The molecule has 134 valence electrons. The normalized spacial score (nSPS) is 13.9. The van der Waals surface area contributed by atoms with Gasteiger partial charge >= 0.3 is 0 Å². The third-order valence-electron chi connectivity index (χ3n) is 3.58. The van der Waals surface area contributed by atoms with Gasteiger partial charge in [-0.25, -0.2) is 12.8 Å². The number of benzene rings is 2. The van der Waals surface area contributed by atoms with Crippen LogP contribution in [0.2, 0.25) is 5.02 Å². The monoisotopic (exact) mass is 384 g/mol. The molecule has 0 saturated carbocycles. The van der Waals surface area contributed by atoms with Gasteiger partial charge in [-0.05, 0) is 55.8 Å². The van der Waals surface area contributed by atoms with Crippen LogP contribution in [-0.2, 0) is 14.8 Å². The summed E-state index contributed by atoms with van der Waals surface area (Å²) >= 11 is 5.83. The van der Waals surface area contributed by atoms with Gasteiger partial charge in [-0.3, -0.25) is 4.79 Å². The Balaban J connectivity index is 2.01. The van der Waals surface area contributed by atoms with Crippen LogP contribution in [0.4, 0.5) is 4.39 Å². The molecule has 0 aliphatic rings. The Morgan fingerprint density at radius 3 is 2.16 bits per heavy atom. The Bertz CT molecular complexity index is 839. The first-order valence-electron chi connectivity index (χ1n) is 7.53. The summed E-state index contributed by atoms with van der Waals surface area (Å²) in [4.78, 5) is 12.1. The van der Waals surface area contributed by atoms with Crippen molar-refractivity contribution >= 4 is 27.5 Å². The van der Waals surface area contributed by atoms with E-state index >= 15 is 0 Å². The van der Waals surface area contributed by atoms with Gasteiger partial charge in [0.25, 0.3) is 0 Å². The predicted molar refractivity (Wildman–Crippen MR) is 94.2 cm³/mol. The van der Waals surface area contributed by atoms with Gasteiger partial charge in [-0.15, -0.1) is 0 Å². The highest BCUT2D eigenvalue weighted by Crippen LogP contribution is 2.16. The summed E-state index contributed by atoms with van der Waals surface area (Å²) in [5.41, 5.74) is 0.839. The first kappa shape index (κ1) is 19.4. The van der Waals surface area contributed by atoms with Crippen LogP contribution in [-0.4, -0.2) is 20.4 Å². The number of carbonyl (C=O) groups is 1. The molecule has 0 unspecified atom stereocenters. The first-order valence-corrected chi connectivity index (χ1v) is 9.39. The van der Waals surface area contributed by atoms with E-state index in [-0.39, 0.29) is 10.9 Å². The largest absolute Gasteiger partial charge is 0.348 e. The molecule has 0 radical (unpaired) electrons. The third kappa shape index (κ3) is 5.26. The molecule has 2 aromatic carbocycles. The highest BCUT2D eigenvalue weighted by atomic mass is 35.5. The molecular formula is C17H18ClFN2O3S. The minimum Gasteiger partial charge on any atom is -0.348 e. The molecule has 25 heavy (non-hydrogen) atoms. The summed E-state index contributed by atoms with van der Waals surface area (Å²) in [6, 6.07) is 10.0. The molecule has 0 spiro atoms. The fourth-order valence-corrected chi connectivity index (χ4v) is 3.47. The zero-order valence-corrected chi connectivity index (χ0v) is 15.2. The molecule has 2 N–H and O–H groups in total. The van der Waals surface area contributed by atoms with E-state index in [1.165, 1.54) is 6.92 Å². The molecule has 0 aliphatic carbocycles. The van der Waals surface area contributed by atoms with E-state index in [4.69, 9.17) is 11.6 Å². The van der Waals surface area contributed by atoms with Crippen LogP contribution in [0.3, 0.4) is 0 Å². The van der Waals surface area contributed by atoms with Crippen LogP contribution in [0, 0.1) is 5.82 Å². The number of sulfonamides is 1. The SMILES string of the molecule is C[C@H](NC(=O)[C@@H](C)NS(=O)(=O)c1ccc(F)cc1)c1ccc(Cl)cc1. The molecule has 2 aromatic rings. The highest BCUT2D eigenvalue weighted by molar-refractivity contribution is 7.89. The van der Waals surface area contributed by atoms with Crippen LogP contribution in [0.15, 0.2) is 53.4 Å². The molecule has 2 atom stereocenters.